The molecule has 1 aliphatic heterocycles. The Kier molecular flexibility index (Phi) is 4.90. The number of rotatable bonds is 5. The highest BCUT2D eigenvalue weighted by atomic mass is 16.2. The van der Waals surface area contributed by atoms with E-state index in [1.807, 2.05) is 30.3 Å². The van der Waals surface area contributed by atoms with Crippen molar-refractivity contribution < 1.29 is 4.79 Å². The van der Waals surface area contributed by atoms with E-state index < -0.39 is 0 Å². The fourth-order valence-electron chi connectivity index (χ4n) is 2.11. The zero-order valence-electron chi connectivity index (χ0n) is 11.4. The number of hydrazine groups is 2. The Morgan fingerprint density at radius 3 is 2.68 bits per heavy atom. The molecule has 0 aliphatic carbocycles. The lowest BCUT2D eigenvalue weighted by Gasteiger charge is -2.18. The molecular formula is C14H22N4O. The van der Waals surface area contributed by atoms with E-state index in [9.17, 15) is 4.79 Å². The van der Waals surface area contributed by atoms with Gasteiger partial charge in [0.2, 0.25) is 5.91 Å². The number of amides is 1. The predicted octanol–water partition coefficient (Wildman–Crippen LogP) is 0.871. The Morgan fingerprint density at radius 2 is 2.00 bits per heavy atom. The Morgan fingerprint density at radius 1 is 1.26 bits per heavy atom. The lowest BCUT2D eigenvalue weighted by Crippen LogP contribution is -2.45. The van der Waals surface area contributed by atoms with Gasteiger partial charge in [-0.2, -0.15) is 5.53 Å². The monoisotopic (exact) mass is 262 g/mol. The molecule has 1 aromatic carbocycles. The van der Waals surface area contributed by atoms with Crippen molar-refractivity contribution in [3.05, 3.63) is 35.9 Å². The number of carbonyl (C=O) groups excluding carboxylic acids is 1. The first-order chi connectivity index (χ1) is 9.18. The van der Waals surface area contributed by atoms with Crippen LogP contribution in [-0.2, 0) is 4.79 Å². The van der Waals surface area contributed by atoms with Crippen molar-refractivity contribution in [2.75, 3.05) is 6.54 Å². The summed E-state index contributed by atoms with van der Waals surface area (Å²) in [4.78, 5) is 12.2. The van der Waals surface area contributed by atoms with Crippen LogP contribution in [0.5, 0.6) is 0 Å². The highest BCUT2D eigenvalue weighted by Crippen LogP contribution is 2.18. The Bertz CT molecular complexity index is 407. The summed E-state index contributed by atoms with van der Waals surface area (Å²) in [5.41, 5.74) is 9.98. The molecule has 0 spiro atoms. The van der Waals surface area contributed by atoms with Crippen molar-refractivity contribution in [3.63, 3.8) is 0 Å². The molecule has 5 nitrogen and oxygen atoms in total. The average molecular weight is 262 g/mol. The minimum Gasteiger partial charge on any atom is -0.355 e. The molecule has 1 saturated heterocycles. The molecule has 1 aliphatic rings. The SMILES string of the molecule is CC(C)CCNC(=O)C1NNNC1c1ccccc1. The number of nitrogens with one attached hydrogen (secondary N) is 4. The van der Waals surface area contributed by atoms with Gasteiger partial charge in [0, 0.05) is 6.54 Å². The van der Waals surface area contributed by atoms with Crippen LogP contribution in [0.15, 0.2) is 30.3 Å². The smallest absolute Gasteiger partial charge is 0.240 e. The summed E-state index contributed by atoms with van der Waals surface area (Å²) in [6, 6.07) is 9.60. The van der Waals surface area contributed by atoms with Gasteiger partial charge in [0.25, 0.3) is 0 Å². The van der Waals surface area contributed by atoms with Crippen LogP contribution in [0.3, 0.4) is 0 Å². The highest BCUT2D eigenvalue weighted by Gasteiger charge is 2.33. The standard InChI is InChI=1S/C14H22N4O/c1-10(2)8-9-15-14(19)13-12(16-18-17-13)11-6-4-3-5-7-11/h3-7,10,12-13,16-18H,8-9H2,1-2H3,(H,15,19). The third-order valence-corrected chi connectivity index (χ3v) is 3.25. The number of benzene rings is 1. The number of hydrogen-bond acceptors (Lipinski definition) is 4. The van der Waals surface area contributed by atoms with Crippen molar-refractivity contribution >= 4 is 5.91 Å². The largest absolute Gasteiger partial charge is 0.355 e. The minimum absolute atomic E-state index is 0.0204. The lowest BCUT2D eigenvalue weighted by atomic mass is 10.0. The van der Waals surface area contributed by atoms with Gasteiger partial charge in [0.1, 0.15) is 6.04 Å². The molecule has 1 aromatic rings. The van der Waals surface area contributed by atoms with E-state index in [0.717, 1.165) is 18.5 Å². The molecule has 0 aromatic heterocycles. The fourth-order valence-corrected chi connectivity index (χ4v) is 2.11. The topological polar surface area (TPSA) is 65.2 Å². The summed E-state index contributed by atoms with van der Waals surface area (Å²) < 4.78 is 0. The predicted molar refractivity (Wildman–Crippen MR) is 74.8 cm³/mol. The van der Waals surface area contributed by atoms with Gasteiger partial charge in [-0.1, -0.05) is 44.2 Å². The number of carbonyl (C=O) groups is 1. The van der Waals surface area contributed by atoms with Crippen LogP contribution in [0.25, 0.3) is 0 Å². The van der Waals surface area contributed by atoms with Gasteiger partial charge >= 0.3 is 0 Å². The first-order valence-electron chi connectivity index (χ1n) is 6.77. The van der Waals surface area contributed by atoms with E-state index in [1.165, 1.54) is 0 Å². The molecule has 19 heavy (non-hydrogen) atoms. The molecule has 2 rings (SSSR count). The van der Waals surface area contributed by atoms with Crippen LogP contribution in [0.1, 0.15) is 31.9 Å². The Labute approximate surface area is 114 Å². The van der Waals surface area contributed by atoms with Crippen molar-refractivity contribution in [2.24, 2.45) is 5.92 Å². The molecule has 1 heterocycles. The third-order valence-electron chi connectivity index (χ3n) is 3.25. The quantitative estimate of drug-likeness (QED) is 0.636. The van der Waals surface area contributed by atoms with Crippen LogP contribution >= 0.6 is 0 Å². The van der Waals surface area contributed by atoms with E-state index in [0.29, 0.717) is 5.92 Å². The van der Waals surface area contributed by atoms with E-state index in [4.69, 9.17) is 0 Å². The molecule has 5 heteroatoms. The van der Waals surface area contributed by atoms with Gasteiger partial charge in [-0.05, 0) is 17.9 Å². The van der Waals surface area contributed by atoms with Gasteiger partial charge in [-0.3, -0.25) is 4.79 Å². The van der Waals surface area contributed by atoms with Crippen LogP contribution in [0.2, 0.25) is 0 Å². The van der Waals surface area contributed by atoms with Crippen LogP contribution in [0.4, 0.5) is 0 Å². The second-order valence-corrected chi connectivity index (χ2v) is 5.25. The zero-order chi connectivity index (χ0) is 13.7. The molecule has 104 valence electrons. The van der Waals surface area contributed by atoms with Crippen molar-refractivity contribution in [1.29, 1.82) is 0 Å². The Balaban J connectivity index is 1.93. The number of hydrogen-bond donors (Lipinski definition) is 4. The second-order valence-electron chi connectivity index (χ2n) is 5.25. The van der Waals surface area contributed by atoms with Crippen LogP contribution < -0.4 is 21.7 Å². The average Bonchev–Trinajstić information content (AvgIpc) is 2.88. The summed E-state index contributed by atoms with van der Waals surface area (Å²) in [5.74, 6) is 0.616. The normalized spacial score (nSPS) is 22.7. The van der Waals surface area contributed by atoms with Gasteiger partial charge in [-0.15, -0.1) is 0 Å². The van der Waals surface area contributed by atoms with Crippen molar-refractivity contribution in [3.8, 4) is 0 Å². The molecular weight excluding hydrogens is 240 g/mol. The Hall–Kier alpha value is -1.43. The third kappa shape index (κ3) is 3.76. The molecule has 1 fully saturated rings. The van der Waals surface area contributed by atoms with Crippen molar-refractivity contribution in [1.82, 2.24) is 21.7 Å². The van der Waals surface area contributed by atoms with Gasteiger partial charge < -0.3 is 5.32 Å². The molecule has 2 unspecified atom stereocenters. The fraction of sp³-hybridized carbons (Fsp3) is 0.500. The van der Waals surface area contributed by atoms with Gasteiger partial charge in [0.05, 0.1) is 6.04 Å². The minimum atomic E-state index is -0.297. The molecule has 0 radical (unpaired) electrons. The highest BCUT2D eigenvalue weighted by molar-refractivity contribution is 5.83. The maximum atomic E-state index is 12.2. The summed E-state index contributed by atoms with van der Waals surface area (Å²) in [6.45, 7) is 5.02. The maximum Gasteiger partial charge on any atom is 0.240 e. The van der Waals surface area contributed by atoms with E-state index >= 15 is 0 Å². The van der Waals surface area contributed by atoms with Crippen LogP contribution in [0, 0.1) is 5.92 Å². The van der Waals surface area contributed by atoms with E-state index in [-0.39, 0.29) is 18.0 Å². The molecule has 2 atom stereocenters. The summed E-state index contributed by atoms with van der Waals surface area (Å²) in [7, 11) is 0. The van der Waals surface area contributed by atoms with Crippen molar-refractivity contribution in [2.45, 2.75) is 32.4 Å². The lowest BCUT2D eigenvalue weighted by molar-refractivity contribution is -0.123. The van der Waals surface area contributed by atoms with Crippen LogP contribution in [-0.4, -0.2) is 18.5 Å². The molecule has 0 saturated carbocycles. The summed E-state index contributed by atoms with van der Waals surface area (Å²) in [6.07, 6.45) is 0.995. The summed E-state index contributed by atoms with van der Waals surface area (Å²) >= 11 is 0. The molecule has 4 N–H and O–H groups in total. The zero-order valence-corrected chi connectivity index (χ0v) is 11.4. The molecule has 0 bridgehead atoms. The maximum absolute atomic E-state index is 12.2. The second kappa shape index (κ2) is 6.65. The summed E-state index contributed by atoms with van der Waals surface area (Å²) in [5, 5.41) is 2.97. The first-order valence-corrected chi connectivity index (χ1v) is 6.77. The van der Waals surface area contributed by atoms with E-state index in [2.05, 4.69) is 35.6 Å². The van der Waals surface area contributed by atoms with E-state index in [1.54, 1.807) is 0 Å². The first kappa shape index (κ1) is 14.0. The van der Waals surface area contributed by atoms with Gasteiger partial charge in [-0.25, -0.2) is 10.9 Å². The molecule has 1 amide bonds. The van der Waals surface area contributed by atoms with Gasteiger partial charge in [0.15, 0.2) is 0 Å².